The van der Waals surface area contributed by atoms with E-state index in [9.17, 15) is 24.0 Å². The first-order chi connectivity index (χ1) is 36.5. The zero-order chi connectivity index (χ0) is 52.5. The second-order valence-corrected chi connectivity index (χ2v) is 19.9. The van der Waals surface area contributed by atoms with Gasteiger partial charge in [-0.05, 0) is 80.5 Å². The van der Waals surface area contributed by atoms with Crippen LogP contribution in [0.3, 0.4) is 0 Å². The molecule has 19 nitrogen and oxygen atoms in total. The number of fused-ring (bicyclic) bond motifs is 1. The molecule has 20 heteroatoms. The van der Waals surface area contributed by atoms with Gasteiger partial charge in [0.25, 0.3) is 0 Å². The third-order valence-electron chi connectivity index (χ3n) is 13.3. The van der Waals surface area contributed by atoms with Crippen molar-refractivity contribution < 1.29 is 42.9 Å². The number of urea groups is 1. The summed E-state index contributed by atoms with van der Waals surface area (Å²) in [7, 11) is 1.63. The molecule has 3 aromatic carbocycles. The number of thioether (sulfide) groups is 1. The predicted octanol–water partition coefficient (Wildman–Crippen LogP) is 5.96. The van der Waals surface area contributed by atoms with Gasteiger partial charge in [0.2, 0.25) is 17.7 Å². The minimum atomic E-state index is -0.326. The molecule has 5 aromatic rings. The van der Waals surface area contributed by atoms with Crippen LogP contribution in [0.5, 0.6) is 5.75 Å². The Morgan fingerprint density at radius 2 is 1.64 bits per heavy atom. The number of aromatic nitrogens is 5. The summed E-state index contributed by atoms with van der Waals surface area (Å²) >= 11 is 1.88. The quantitative estimate of drug-likeness (QED) is 0.0157. The van der Waals surface area contributed by atoms with Gasteiger partial charge in [-0.15, -0.1) is 5.10 Å². The fourth-order valence-electron chi connectivity index (χ4n) is 9.20. The van der Waals surface area contributed by atoms with Crippen LogP contribution >= 0.6 is 11.8 Å². The molecule has 3 fully saturated rings. The van der Waals surface area contributed by atoms with Crippen molar-refractivity contribution in [1.82, 2.24) is 50.7 Å². The van der Waals surface area contributed by atoms with E-state index in [2.05, 4.69) is 36.6 Å². The molecule has 0 aliphatic carbocycles. The average molecular weight is 1040 g/mol. The number of carbonyl (C=O) groups excluding carboxylic acids is 5. The van der Waals surface area contributed by atoms with Crippen molar-refractivity contribution >= 4 is 53.4 Å². The van der Waals surface area contributed by atoms with E-state index < -0.39 is 0 Å². The molecule has 0 radical (unpaired) electrons. The SMILES string of the molecule is COc1cc(/C=C2\CCCN(C(C)c3ccc(C(=O)c4ccc(/C=C/C(=O)NCOCCOCCOCCn5cc(CNC(=O)CCCC[C@@H]6SCC7NC(=O)N[C@@H]76)nn5)cc4)cc3)C2=O)ccc1-n1cnc(C)c1. The van der Waals surface area contributed by atoms with Crippen molar-refractivity contribution in [2.75, 3.05) is 59.2 Å². The van der Waals surface area contributed by atoms with Gasteiger partial charge in [0.15, 0.2) is 5.78 Å². The molecule has 3 aliphatic heterocycles. The number of rotatable bonds is 27. The largest absolute Gasteiger partial charge is 0.495 e. The second kappa shape index (κ2) is 26.9. The monoisotopic (exact) mass is 1040 g/mol. The van der Waals surface area contributed by atoms with Crippen molar-refractivity contribution in [2.24, 2.45) is 0 Å². The molecule has 5 amide bonds. The summed E-state index contributed by atoms with van der Waals surface area (Å²) in [6.07, 6.45) is 15.2. The van der Waals surface area contributed by atoms with E-state index in [1.807, 2.05) is 77.7 Å². The maximum Gasteiger partial charge on any atom is 0.315 e. The molecule has 396 valence electrons. The van der Waals surface area contributed by atoms with Crippen LogP contribution in [0.15, 0.2) is 97.1 Å². The van der Waals surface area contributed by atoms with Crippen LogP contribution in [0.4, 0.5) is 4.79 Å². The number of imidazole rings is 1. The van der Waals surface area contributed by atoms with Crippen molar-refractivity contribution in [3.63, 3.8) is 0 Å². The Labute approximate surface area is 441 Å². The van der Waals surface area contributed by atoms with E-state index in [1.165, 1.54) is 6.08 Å². The molecule has 0 spiro atoms. The van der Waals surface area contributed by atoms with E-state index in [-0.39, 0.29) is 61.0 Å². The van der Waals surface area contributed by atoms with Gasteiger partial charge in [-0.3, -0.25) is 19.2 Å². The first kappa shape index (κ1) is 54.1. The number of ketones is 1. The molecular formula is C55H66N10O9S. The summed E-state index contributed by atoms with van der Waals surface area (Å²) in [5, 5.41) is 20.2. The highest BCUT2D eigenvalue weighted by Gasteiger charge is 2.42. The van der Waals surface area contributed by atoms with Crippen molar-refractivity contribution in [3.8, 4) is 11.4 Å². The minimum Gasteiger partial charge on any atom is -0.495 e. The van der Waals surface area contributed by atoms with Crippen molar-refractivity contribution in [3.05, 3.63) is 136 Å². The molecule has 4 N–H and O–H groups in total. The number of methoxy groups -OCH3 is 1. The van der Waals surface area contributed by atoms with Gasteiger partial charge in [-0.1, -0.05) is 66.2 Å². The van der Waals surface area contributed by atoms with Gasteiger partial charge in [-0.25, -0.2) is 14.5 Å². The zero-order valence-electron chi connectivity index (χ0n) is 42.7. The van der Waals surface area contributed by atoms with E-state index in [4.69, 9.17) is 18.9 Å². The van der Waals surface area contributed by atoms with Gasteiger partial charge >= 0.3 is 6.03 Å². The summed E-state index contributed by atoms with van der Waals surface area (Å²) in [6, 6.07) is 20.5. The first-order valence-electron chi connectivity index (χ1n) is 25.5. The minimum absolute atomic E-state index is 0.00553. The number of ether oxygens (including phenoxy) is 4. The van der Waals surface area contributed by atoms with Crippen molar-refractivity contribution in [2.45, 2.75) is 88.8 Å². The van der Waals surface area contributed by atoms with Crippen LogP contribution in [-0.4, -0.2) is 135 Å². The average Bonchev–Trinajstić information content (AvgIpc) is 4.24. The summed E-state index contributed by atoms with van der Waals surface area (Å²) < 4.78 is 25.9. The number of aryl methyl sites for hydroxylation is 1. The molecule has 0 saturated carbocycles. The van der Waals surface area contributed by atoms with E-state index in [0.29, 0.717) is 86.7 Å². The van der Waals surface area contributed by atoms with Gasteiger partial charge in [0, 0.05) is 52.9 Å². The highest BCUT2D eigenvalue weighted by Crippen LogP contribution is 2.34. The Hall–Kier alpha value is -7.13. The fourth-order valence-corrected chi connectivity index (χ4v) is 10.7. The topological polar surface area (TPSA) is 222 Å². The normalized spacial score (nSPS) is 18.3. The Morgan fingerprint density at radius 3 is 2.40 bits per heavy atom. The lowest BCUT2D eigenvalue weighted by Gasteiger charge is -2.34. The third-order valence-corrected chi connectivity index (χ3v) is 14.8. The number of benzene rings is 3. The highest BCUT2D eigenvalue weighted by atomic mass is 32.2. The molecule has 2 aromatic heterocycles. The number of piperidine rings is 1. The summed E-state index contributed by atoms with van der Waals surface area (Å²) in [5.41, 5.74) is 6.81. The van der Waals surface area contributed by atoms with Crippen LogP contribution < -0.4 is 26.0 Å². The zero-order valence-corrected chi connectivity index (χ0v) is 43.5. The molecule has 3 saturated heterocycles. The lowest BCUT2D eigenvalue weighted by molar-refractivity contribution is -0.130. The standard InChI is InChI=1S/C55H66N10O9S/c1-37-32-63(35-57-37)47-20-12-40(30-48(47)71-3)29-44-7-6-22-65(54(44)69)38(2)41-16-18-43(19-17-41)53(68)42-14-10-39(11-15-42)13-21-51(67)58-36-74-28-27-73-26-25-72-24-23-64-33-45(61-62-64)31-56-50(66)9-5-4-8-49-52-46(34-75-49)59-55(70)60-52/h10-21,29-30,32-33,35,38,46,49,52H,4-9,22-28,31,34,36H2,1-3H3,(H,56,66)(H,58,67)(H2,59,60,70)/b21-13+,44-29+/t38?,46?,49-,52-/m0/s1. The van der Waals surface area contributed by atoms with Gasteiger partial charge in [-0.2, -0.15) is 11.8 Å². The second-order valence-electron chi connectivity index (χ2n) is 18.6. The maximum atomic E-state index is 13.8. The molecule has 75 heavy (non-hydrogen) atoms. The van der Waals surface area contributed by atoms with Crippen molar-refractivity contribution in [1.29, 1.82) is 0 Å². The number of hydrogen-bond donors (Lipinski definition) is 4. The summed E-state index contributed by atoms with van der Waals surface area (Å²) in [6.45, 7) is 7.22. The molecule has 5 heterocycles. The predicted molar refractivity (Wildman–Crippen MR) is 284 cm³/mol. The first-order valence-corrected chi connectivity index (χ1v) is 26.5. The van der Waals surface area contributed by atoms with E-state index in [0.717, 1.165) is 65.1 Å². The Balaban J connectivity index is 0.653. The number of nitrogens with one attached hydrogen (secondary N) is 4. The van der Waals surface area contributed by atoms with Gasteiger partial charge in [0.1, 0.15) is 18.2 Å². The molecule has 4 atom stereocenters. The maximum absolute atomic E-state index is 13.8. The molecule has 8 rings (SSSR count). The Morgan fingerprint density at radius 1 is 0.893 bits per heavy atom. The number of likely N-dealkylation sites (tertiary alicyclic amines) is 1. The molecular weight excluding hydrogens is 977 g/mol. The van der Waals surface area contributed by atoms with Crippen LogP contribution in [0.2, 0.25) is 0 Å². The lowest BCUT2D eigenvalue weighted by atomic mass is 9.96. The summed E-state index contributed by atoms with van der Waals surface area (Å²) in [4.78, 5) is 69.7. The Bertz CT molecular complexity index is 2810. The summed E-state index contributed by atoms with van der Waals surface area (Å²) in [5.74, 6) is 1.14. The number of amides is 5. The fraction of sp³-hybridized carbons (Fsp3) is 0.418. The highest BCUT2D eigenvalue weighted by molar-refractivity contribution is 8.00. The number of nitrogens with zero attached hydrogens (tertiary/aromatic N) is 6. The van der Waals surface area contributed by atoms with Crippen LogP contribution in [0, 0.1) is 6.92 Å². The van der Waals surface area contributed by atoms with E-state index in [1.54, 1.807) is 66.8 Å². The lowest BCUT2D eigenvalue weighted by Crippen LogP contribution is -2.38. The molecule has 2 unspecified atom stereocenters. The van der Waals surface area contributed by atoms with E-state index >= 15 is 0 Å². The smallest absolute Gasteiger partial charge is 0.315 e. The van der Waals surface area contributed by atoms with Crippen LogP contribution in [0.25, 0.3) is 17.8 Å². The number of carbonyl (C=O) groups is 5. The van der Waals surface area contributed by atoms with Gasteiger partial charge in [0.05, 0.1) is 95.3 Å². The van der Waals surface area contributed by atoms with Gasteiger partial charge < -0.3 is 49.7 Å². The van der Waals surface area contributed by atoms with Crippen LogP contribution in [-0.2, 0) is 41.7 Å². The third kappa shape index (κ3) is 15.2. The molecule has 3 aliphatic rings. The van der Waals surface area contributed by atoms with Crippen LogP contribution in [0.1, 0.15) is 95.5 Å². The number of hydrogen-bond acceptors (Lipinski definition) is 13. The number of unbranched alkanes of at least 4 members (excludes halogenated alkanes) is 1. The molecule has 0 bridgehead atoms. The Kier molecular flexibility index (Phi) is 19.4.